The van der Waals surface area contributed by atoms with Gasteiger partial charge in [-0.15, -0.1) is 0 Å². The molecule has 1 saturated heterocycles. The van der Waals surface area contributed by atoms with Crippen LogP contribution >= 0.6 is 12.2 Å². The maximum absolute atomic E-state index is 5.64. The van der Waals surface area contributed by atoms with Crippen LogP contribution in [0, 0.1) is 18.6 Å². The van der Waals surface area contributed by atoms with Crippen molar-refractivity contribution in [2.75, 3.05) is 31.1 Å². The van der Waals surface area contributed by atoms with Gasteiger partial charge < -0.3 is 9.80 Å². The minimum Gasteiger partial charge on any atom is -0.330 e. The second kappa shape index (κ2) is 7.53. The molecule has 0 amide bonds. The van der Waals surface area contributed by atoms with Gasteiger partial charge in [0.1, 0.15) is 0 Å². The smallest absolute Gasteiger partial charge is 0.225 e. The summed E-state index contributed by atoms with van der Waals surface area (Å²) >= 11 is 5.64. The maximum Gasteiger partial charge on any atom is 0.225 e. The average molecular weight is 384 g/mol. The molecule has 2 aromatic heterocycles. The number of hydrogen-bond acceptors (Lipinski definition) is 6. The molecule has 1 aliphatic rings. The molecule has 3 heterocycles. The lowest BCUT2D eigenvalue weighted by atomic mass is 10.1. The average Bonchev–Trinajstić information content (AvgIpc) is 3.05. The molecule has 1 aliphatic heterocycles. The van der Waals surface area contributed by atoms with Crippen molar-refractivity contribution in [3.05, 3.63) is 52.6 Å². The van der Waals surface area contributed by atoms with Gasteiger partial charge in [0.05, 0.1) is 31.9 Å². The summed E-state index contributed by atoms with van der Waals surface area (Å²) in [7, 11) is 0. The Morgan fingerprint density at radius 3 is 2.52 bits per heavy atom. The number of benzene rings is 1. The first-order chi connectivity index (χ1) is 13.1. The second-order valence-electron chi connectivity index (χ2n) is 6.84. The summed E-state index contributed by atoms with van der Waals surface area (Å²) in [6, 6.07) is 7.98. The zero-order valence-corrected chi connectivity index (χ0v) is 16.4. The number of aryl methyl sites for hydroxylation is 1. The van der Waals surface area contributed by atoms with E-state index in [2.05, 4.69) is 45.2 Å². The molecule has 1 fully saturated rings. The minimum atomic E-state index is 0.630. The largest absolute Gasteiger partial charge is 0.330 e. The highest BCUT2D eigenvalue weighted by atomic mass is 32.1. The third kappa shape index (κ3) is 3.60. The van der Waals surface area contributed by atoms with E-state index in [1.165, 1.54) is 16.0 Å². The van der Waals surface area contributed by atoms with E-state index in [0.717, 1.165) is 37.8 Å². The highest BCUT2D eigenvalue weighted by molar-refractivity contribution is 7.71. The topological polar surface area (TPSA) is 69.1 Å². The van der Waals surface area contributed by atoms with E-state index in [4.69, 9.17) is 12.2 Å². The third-order valence-electron chi connectivity index (χ3n) is 5.12. The van der Waals surface area contributed by atoms with E-state index in [-0.39, 0.29) is 0 Å². The molecule has 0 unspecified atom stereocenters. The van der Waals surface area contributed by atoms with E-state index in [9.17, 15) is 0 Å². The van der Waals surface area contributed by atoms with Gasteiger partial charge in [0.15, 0.2) is 6.67 Å². The quantitative estimate of drug-likeness (QED) is 0.665. The van der Waals surface area contributed by atoms with E-state index in [1.54, 1.807) is 17.1 Å². The highest BCUT2D eigenvalue weighted by Crippen LogP contribution is 2.16. The number of nitrogens with zero attached hydrogens (tertiary/aromatic N) is 7. The van der Waals surface area contributed by atoms with Crippen LogP contribution in [0.5, 0.6) is 0 Å². The van der Waals surface area contributed by atoms with Crippen LogP contribution in [-0.2, 0) is 6.67 Å². The van der Waals surface area contributed by atoms with E-state index < -0.39 is 0 Å². The molecule has 0 spiro atoms. The van der Waals surface area contributed by atoms with Crippen LogP contribution in [0.15, 0.2) is 36.7 Å². The normalized spacial score (nSPS) is 15.3. The molecule has 9 heteroatoms. The molecule has 1 aromatic carbocycles. The predicted molar refractivity (Wildman–Crippen MR) is 105 cm³/mol. The molecule has 4 rings (SSSR count). The summed E-state index contributed by atoms with van der Waals surface area (Å²) in [4.78, 5) is 12.3. The van der Waals surface area contributed by atoms with Crippen LogP contribution in [0.1, 0.15) is 11.1 Å². The van der Waals surface area contributed by atoms with Crippen LogP contribution in [0.3, 0.4) is 0 Å². The van der Waals surface area contributed by atoms with E-state index >= 15 is 0 Å². The van der Waals surface area contributed by atoms with Crippen molar-refractivity contribution in [2.24, 2.45) is 0 Å². The van der Waals surface area contributed by atoms with Crippen molar-refractivity contribution >= 4 is 18.2 Å². The van der Waals surface area contributed by atoms with Crippen molar-refractivity contribution in [2.45, 2.75) is 20.5 Å². The van der Waals surface area contributed by atoms with Crippen molar-refractivity contribution in [3.63, 3.8) is 0 Å². The van der Waals surface area contributed by atoms with Gasteiger partial charge in [0.25, 0.3) is 0 Å². The van der Waals surface area contributed by atoms with Gasteiger partial charge in [-0.25, -0.2) is 9.97 Å². The molecule has 140 valence electrons. The Labute approximate surface area is 163 Å². The van der Waals surface area contributed by atoms with Gasteiger partial charge in [0, 0.05) is 12.4 Å². The lowest BCUT2D eigenvalue weighted by Crippen LogP contribution is -3.14. The fourth-order valence-electron chi connectivity index (χ4n) is 3.34. The van der Waals surface area contributed by atoms with Crippen molar-refractivity contribution in [1.82, 2.24) is 29.8 Å². The Morgan fingerprint density at radius 1 is 1.04 bits per heavy atom. The summed E-state index contributed by atoms with van der Waals surface area (Å²) in [5.74, 6) is 0.800. The standard InChI is InChI=1S/C18H22N8S/c1-14-5-3-6-16(15(14)2)26-18(27)25(21-22-26)13-23-9-11-24(12-10-23)17-19-7-4-8-20-17/h3-8H,9-13H2,1-2H3/p+1. The van der Waals surface area contributed by atoms with Gasteiger partial charge in [-0.3, -0.25) is 0 Å². The summed E-state index contributed by atoms with van der Waals surface area (Å²) < 4.78 is 4.21. The monoisotopic (exact) mass is 383 g/mol. The number of anilines is 1. The highest BCUT2D eigenvalue weighted by Gasteiger charge is 2.23. The molecule has 0 saturated carbocycles. The number of hydrogen-bond donors (Lipinski definition) is 1. The van der Waals surface area contributed by atoms with Crippen molar-refractivity contribution in [1.29, 1.82) is 0 Å². The van der Waals surface area contributed by atoms with Gasteiger partial charge in [0.2, 0.25) is 10.7 Å². The molecule has 0 bridgehead atoms. The summed E-state index contributed by atoms with van der Waals surface area (Å²) in [6.07, 6.45) is 3.57. The Kier molecular flexibility index (Phi) is 4.95. The Bertz CT molecular complexity index is 973. The number of nitrogens with one attached hydrogen (secondary N) is 1. The SMILES string of the molecule is Cc1cccc(-n2nnn(C[NH+]3CCN(c4ncccn4)CC3)c2=S)c1C. The zero-order valence-electron chi connectivity index (χ0n) is 15.5. The predicted octanol–water partition coefficient (Wildman–Crippen LogP) is 0.568. The van der Waals surface area contributed by atoms with Gasteiger partial charge in [-0.05, 0) is 59.8 Å². The first kappa shape index (κ1) is 17.7. The number of quaternary nitrogens is 1. The molecule has 3 aromatic rings. The number of rotatable bonds is 4. The van der Waals surface area contributed by atoms with Crippen molar-refractivity contribution < 1.29 is 4.90 Å². The van der Waals surface area contributed by atoms with Crippen LogP contribution in [0.2, 0.25) is 0 Å². The molecular formula is C18H23N8S+. The van der Waals surface area contributed by atoms with Crippen LogP contribution < -0.4 is 9.80 Å². The molecule has 1 N–H and O–H groups in total. The number of aromatic nitrogens is 6. The molecule has 8 nitrogen and oxygen atoms in total. The minimum absolute atomic E-state index is 0.630. The lowest BCUT2D eigenvalue weighted by Gasteiger charge is -2.31. The van der Waals surface area contributed by atoms with Gasteiger partial charge >= 0.3 is 0 Å². The van der Waals surface area contributed by atoms with Crippen LogP contribution in [-0.4, -0.2) is 55.9 Å². The van der Waals surface area contributed by atoms with Crippen LogP contribution in [0.25, 0.3) is 5.69 Å². The summed E-state index contributed by atoms with van der Waals surface area (Å²) in [5, 5.41) is 8.60. The third-order valence-corrected chi connectivity index (χ3v) is 5.51. The zero-order chi connectivity index (χ0) is 18.8. The number of piperazine rings is 1. The maximum atomic E-state index is 5.64. The molecule has 0 aliphatic carbocycles. The molecular weight excluding hydrogens is 360 g/mol. The Hall–Kier alpha value is -2.65. The van der Waals surface area contributed by atoms with E-state index in [1.807, 2.05) is 22.9 Å². The van der Waals surface area contributed by atoms with Gasteiger partial charge in [-0.1, -0.05) is 12.1 Å². The summed E-state index contributed by atoms with van der Waals surface area (Å²) in [5.41, 5.74) is 3.38. The Morgan fingerprint density at radius 2 is 1.78 bits per heavy atom. The first-order valence-electron chi connectivity index (χ1n) is 9.08. The van der Waals surface area contributed by atoms with Crippen LogP contribution in [0.4, 0.5) is 5.95 Å². The first-order valence-corrected chi connectivity index (χ1v) is 9.49. The fraction of sp³-hybridized carbons (Fsp3) is 0.389. The Balaban J connectivity index is 1.45. The lowest BCUT2D eigenvalue weighted by molar-refractivity contribution is -0.924. The molecule has 27 heavy (non-hydrogen) atoms. The molecule has 0 atom stereocenters. The van der Waals surface area contributed by atoms with Gasteiger partial charge in [-0.2, -0.15) is 9.36 Å². The fourth-order valence-corrected chi connectivity index (χ4v) is 3.57. The number of tetrazole rings is 1. The summed E-state index contributed by atoms with van der Waals surface area (Å²) in [6.45, 7) is 8.68. The van der Waals surface area contributed by atoms with E-state index in [0.29, 0.717) is 11.4 Å². The second-order valence-corrected chi connectivity index (χ2v) is 7.20. The van der Waals surface area contributed by atoms with Crippen molar-refractivity contribution in [3.8, 4) is 5.69 Å². The molecule has 0 radical (unpaired) electrons.